The number of anilines is 3. The molecule has 3 nitrogen and oxygen atoms in total. The van der Waals surface area contributed by atoms with Crippen molar-refractivity contribution in [1.29, 1.82) is 0 Å². The molecular weight excluding hydrogens is 222 g/mol. The number of hydrogen-bond donors (Lipinski definition) is 3. The van der Waals surface area contributed by atoms with Crippen molar-refractivity contribution in [2.24, 2.45) is 5.73 Å². The Morgan fingerprint density at radius 2 is 1.44 bits per heavy atom. The molecule has 18 heavy (non-hydrogen) atoms. The van der Waals surface area contributed by atoms with Crippen molar-refractivity contribution in [3.8, 4) is 0 Å². The first kappa shape index (κ1) is 12.5. The number of nitrogens with one attached hydrogen (secondary N) is 2. The summed E-state index contributed by atoms with van der Waals surface area (Å²) in [5, 5.41) is 6.57. The Kier molecular flexibility index (Phi) is 4.20. The van der Waals surface area contributed by atoms with E-state index in [0.29, 0.717) is 0 Å². The summed E-state index contributed by atoms with van der Waals surface area (Å²) in [5.41, 5.74) is 9.04. The lowest BCUT2D eigenvalue weighted by Crippen LogP contribution is -2.28. The third kappa shape index (κ3) is 3.50. The average Bonchev–Trinajstić information content (AvgIpc) is 2.42. The van der Waals surface area contributed by atoms with Crippen LogP contribution in [0.4, 0.5) is 17.1 Å². The molecule has 3 heteroatoms. The first-order valence-electron chi connectivity index (χ1n) is 6.22. The quantitative estimate of drug-likeness (QED) is 0.702. The van der Waals surface area contributed by atoms with Gasteiger partial charge in [0, 0.05) is 17.1 Å². The zero-order valence-corrected chi connectivity index (χ0v) is 10.6. The van der Waals surface area contributed by atoms with E-state index in [0.717, 1.165) is 23.5 Å². The normalized spacial score (nSPS) is 11.9. The van der Waals surface area contributed by atoms with Gasteiger partial charge in [-0.2, -0.15) is 0 Å². The van der Waals surface area contributed by atoms with E-state index in [1.807, 2.05) is 54.6 Å². The third-order valence-corrected chi connectivity index (χ3v) is 2.74. The van der Waals surface area contributed by atoms with Crippen LogP contribution in [0.1, 0.15) is 13.3 Å². The molecule has 0 radical (unpaired) electrons. The highest BCUT2D eigenvalue weighted by atomic mass is 15.0. The molecule has 0 aliphatic heterocycles. The van der Waals surface area contributed by atoms with Crippen LogP contribution < -0.4 is 16.4 Å². The maximum atomic E-state index is 5.84. The molecule has 0 fully saturated rings. The molecule has 0 aromatic heterocycles. The summed E-state index contributed by atoms with van der Waals surface area (Å²) in [5.74, 6) is 0. The number of benzene rings is 2. The zero-order chi connectivity index (χ0) is 12.8. The highest BCUT2D eigenvalue weighted by Gasteiger charge is 1.99. The van der Waals surface area contributed by atoms with E-state index >= 15 is 0 Å². The summed E-state index contributed by atoms with van der Waals surface area (Å²) in [7, 11) is 0. The van der Waals surface area contributed by atoms with Crippen LogP contribution in [-0.4, -0.2) is 6.17 Å². The van der Waals surface area contributed by atoms with E-state index in [4.69, 9.17) is 5.73 Å². The van der Waals surface area contributed by atoms with Gasteiger partial charge in [0.05, 0.1) is 6.17 Å². The van der Waals surface area contributed by atoms with Crippen molar-refractivity contribution in [2.45, 2.75) is 19.5 Å². The lowest BCUT2D eigenvalue weighted by Gasteiger charge is -2.13. The lowest BCUT2D eigenvalue weighted by atomic mass is 10.2. The van der Waals surface area contributed by atoms with Crippen LogP contribution in [0.15, 0.2) is 54.6 Å². The molecule has 1 unspecified atom stereocenters. The molecule has 0 amide bonds. The van der Waals surface area contributed by atoms with Crippen molar-refractivity contribution >= 4 is 17.1 Å². The molecule has 0 saturated heterocycles. The maximum Gasteiger partial charge on any atom is 0.0740 e. The fraction of sp³-hybridized carbons (Fsp3) is 0.200. The zero-order valence-electron chi connectivity index (χ0n) is 10.6. The Labute approximate surface area is 108 Å². The first-order chi connectivity index (χ1) is 8.78. The summed E-state index contributed by atoms with van der Waals surface area (Å²) in [6, 6.07) is 18.2. The molecule has 0 bridgehead atoms. The van der Waals surface area contributed by atoms with Gasteiger partial charge >= 0.3 is 0 Å². The van der Waals surface area contributed by atoms with Crippen molar-refractivity contribution < 1.29 is 0 Å². The van der Waals surface area contributed by atoms with Gasteiger partial charge in [-0.1, -0.05) is 25.1 Å². The van der Waals surface area contributed by atoms with Crippen LogP contribution in [0, 0.1) is 0 Å². The average molecular weight is 241 g/mol. The molecule has 0 spiro atoms. The highest BCUT2D eigenvalue weighted by molar-refractivity contribution is 5.62. The molecule has 2 aromatic rings. The van der Waals surface area contributed by atoms with E-state index in [1.54, 1.807) is 0 Å². The van der Waals surface area contributed by atoms with Crippen molar-refractivity contribution in [2.75, 3.05) is 10.6 Å². The minimum Gasteiger partial charge on any atom is -0.370 e. The predicted molar refractivity (Wildman–Crippen MR) is 78.1 cm³/mol. The van der Waals surface area contributed by atoms with Crippen LogP contribution in [-0.2, 0) is 0 Å². The standard InChI is InChI=1S/C15H19N3/c1-2-15(16)18-14-10-8-13(9-11-14)17-12-6-4-3-5-7-12/h3-11,15,17-18H,2,16H2,1H3. The van der Waals surface area contributed by atoms with Crippen LogP contribution in [0.5, 0.6) is 0 Å². The second-order valence-electron chi connectivity index (χ2n) is 4.23. The van der Waals surface area contributed by atoms with E-state index < -0.39 is 0 Å². The number of para-hydroxylation sites is 1. The largest absolute Gasteiger partial charge is 0.370 e. The summed E-state index contributed by atoms with van der Waals surface area (Å²) < 4.78 is 0. The number of rotatable bonds is 5. The smallest absolute Gasteiger partial charge is 0.0740 e. The minimum atomic E-state index is 0.0120. The highest BCUT2D eigenvalue weighted by Crippen LogP contribution is 2.18. The van der Waals surface area contributed by atoms with E-state index in [2.05, 4.69) is 17.6 Å². The minimum absolute atomic E-state index is 0.0120. The van der Waals surface area contributed by atoms with Gasteiger partial charge in [-0.3, -0.25) is 0 Å². The Balaban J connectivity index is 2.00. The Morgan fingerprint density at radius 1 is 0.889 bits per heavy atom. The predicted octanol–water partition coefficient (Wildman–Crippen LogP) is 3.54. The fourth-order valence-corrected chi connectivity index (χ4v) is 1.65. The number of hydrogen-bond acceptors (Lipinski definition) is 3. The molecule has 2 aromatic carbocycles. The van der Waals surface area contributed by atoms with Gasteiger partial charge in [-0.05, 0) is 42.8 Å². The van der Waals surface area contributed by atoms with Crippen LogP contribution in [0.2, 0.25) is 0 Å². The van der Waals surface area contributed by atoms with E-state index in [1.165, 1.54) is 0 Å². The Hall–Kier alpha value is -2.00. The molecule has 0 aliphatic rings. The molecule has 0 saturated carbocycles. The molecule has 1 atom stereocenters. The van der Waals surface area contributed by atoms with Gasteiger partial charge in [0.1, 0.15) is 0 Å². The van der Waals surface area contributed by atoms with Crippen LogP contribution >= 0.6 is 0 Å². The van der Waals surface area contributed by atoms with Crippen molar-refractivity contribution in [1.82, 2.24) is 0 Å². The van der Waals surface area contributed by atoms with Crippen molar-refractivity contribution in [3.63, 3.8) is 0 Å². The number of nitrogens with two attached hydrogens (primary N) is 1. The summed E-state index contributed by atoms with van der Waals surface area (Å²) >= 11 is 0. The van der Waals surface area contributed by atoms with E-state index in [9.17, 15) is 0 Å². The van der Waals surface area contributed by atoms with Gasteiger partial charge in [0.2, 0.25) is 0 Å². The van der Waals surface area contributed by atoms with Crippen LogP contribution in [0.25, 0.3) is 0 Å². The third-order valence-electron chi connectivity index (χ3n) is 2.74. The molecule has 4 N–H and O–H groups in total. The summed E-state index contributed by atoms with van der Waals surface area (Å²) in [6.45, 7) is 2.06. The first-order valence-corrected chi connectivity index (χ1v) is 6.22. The Morgan fingerprint density at radius 3 is 2.06 bits per heavy atom. The molecular formula is C15H19N3. The second kappa shape index (κ2) is 6.07. The maximum absolute atomic E-state index is 5.84. The van der Waals surface area contributed by atoms with Gasteiger partial charge in [0.25, 0.3) is 0 Å². The monoisotopic (exact) mass is 241 g/mol. The van der Waals surface area contributed by atoms with Gasteiger partial charge in [0.15, 0.2) is 0 Å². The van der Waals surface area contributed by atoms with Gasteiger partial charge < -0.3 is 16.4 Å². The SMILES string of the molecule is CCC(N)Nc1ccc(Nc2ccccc2)cc1. The lowest BCUT2D eigenvalue weighted by molar-refractivity contribution is 0.730. The van der Waals surface area contributed by atoms with Crippen LogP contribution in [0.3, 0.4) is 0 Å². The summed E-state index contributed by atoms with van der Waals surface area (Å²) in [6.07, 6.45) is 0.919. The topological polar surface area (TPSA) is 50.1 Å². The van der Waals surface area contributed by atoms with Gasteiger partial charge in [-0.25, -0.2) is 0 Å². The molecule has 2 rings (SSSR count). The second-order valence-corrected chi connectivity index (χ2v) is 4.23. The summed E-state index contributed by atoms with van der Waals surface area (Å²) in [4.78, 5) is 0. The fourth-order valence-electron chi connectivity index (χ4n) is 1.65. The Bertz CT molecular complexity index is 465. The van der Waals surface area contributed by atoms with Crippen molar-refractivity contribution in [3.05, 3.63) is 54.6 Å². The van der Waals surface area contributed by atoms with E-state index in [-0.39, 0.29) is 6.17 Å². The molecule has 0 aliphatic carbocycles. The molecule has 94 valence electrons. The van der Waals surface area contributed by atoms with Gasteiger partial charge in [-0.15, -0.1) is 0 Å². The molecule has 0 heterocycles.